The first kappa shape index (κ1) is 11.1. The Morgan fingerprint density at radius 3 is 3.00 bits per heavy atom. The van der Waals surface area contributed by atoms with Crippen molar-refractivity contribution >= 4 is 33.6 Å². The fraction of sp³-hybridized carbons (Fsp3) is 0.111. The van der Waals surface area contributed by atoms with E-state index in [9.17, 15) is 0 Å². The molecule has 0 aromatic heterocycles. The molecule has 1 aromatic carbocycles. The molecule has 0 N–H and O–H groups in total. The van der Waals surface area contributed by atoms with Crippen LogP contribution in [0.15, 0.2) is 33.9 Å². The molecule has 0 heterocycles. The lowest BCUT2D eigenvalue weighted by molar-refractivity contribution is 1.22. The van der Waals surface area contributed by atoms with Gasteiger partial charge in [-0.05, 0) is 39.2 Å². The van der Waals surface area contributed by atoms with Crippen molar-refractivity contribution in [2.24, 2.45) is 5.11 Å². The van der Waals surface area contributed by atoms with Crippen LogP contribution in [-0.2, 0) is 0 Å². The molecule has 5 heteroatoms. The van der Waals surface area contributed by atoms with E-state index in [1.807, 2.05) is 24.3 Å². The van der Waals surface area contributed by atoms with Gasteiger partial charge in [-0.25, -0.2) is 0 Å². The number of azide groups is 1. The highest BCUT2D eigenvalue weighted by atomic mass is 79.9. The predicted molar refractivity (Wildman–Crippen MR) is 62.2 cm³/mol. The van der Waals surface area contributed by atoms with Gasteiger partial charge in [0, 0.05) is 15.9 Å². The number of hydrogen-bond acceptors (Lipinski definition) is 1. The Morgan fingerprint density at radius 2 is 2.36 bits per heavy atom. The van der Waals surface area contributed by atoms with Gasteiger partial charge in [-0.3, -0.25) is 0 Å². The largest absolute Gasteiger partial charge is 0.0899 e. The zero-order valence-corrected chi connectivity index (χ0v) is 9.53. The Bertz CT molecular complexity index is 397. The van der Waals surface area contributed by atoms with Gasteiger partial charge >= 0.3 is 0 Å². The van der Waals surface area contributed by atoms with Gasteiger partial charge in [0.05, 0.1) is 5.02 Å². The second-order valence-electron chi connectivity index (χ2n) is 2.49. The van der Waals surface area contributed by atoms with E-state index in [0.29, 0.717) is 11.6 Å². The first-order valence-electron chi connectivity index (χ1n) is 3.86. The van der Waals surface area contributed by atoms with Gasteiger partial charge in [0.25, 0.3) is 0 Å². The first-order valence-corrected chi connectivity index (χ1v) is 5.03. The third-order valence-electron chi connectivity index (χ3n) is 1.50. The summed E-state index contributed by atoms with van der Waals surface area (Å²) in [6, 6.07) is 5.62. The SMILES string of the molecule is [N-]=[N+]=NCC=Cc1ccc(Br)c(Cl)c1. The van der Waals surface area contributed by atoms with Crippen molar-refractivity contribution in [2.75, 3.05) is 6.54 Å². The van der Waals surface area contributed by atoms with Gasteiger partial charge in [0.15, 0.2) is 0 Å². The summed E-state index contributed by atoms with van der Waals surface area (Å²) in [7, 11) is 0. The molecule has 0 atom stereocenters. The van der Waals surface area contributed by atoms with Crippen molar-refractivity contribution in [3.05, 3.63) is 49.8 Å². The molecule has 3 nitrogen and oxygen atoms in total. The summed E-state index contributed by atoms with van der Waals surface area (Å²) in [6.07, 6.45) is 3.63. The molecule has 0 unspecified atom stereocenters. The van der Waals surface area contributed by atoms with Crippen molar-refractivity contribution < 1.29 is 0 Å². The van der Waals surface area contributed by atoms with Crippen LogP contribution in [0.4, 0.5) is 0 Å². The lowest BCUT2D eigenvalue weighted by Gasteiger charge is -1.96. The topological polar surface area (TPSA) is 48.8 Å². The van der Waals surface area contributed by atoms with Crippen LogP contribution in [0.5, 0.6) is 0 Å². The minimum atomic E-state index is 0.351. The van der Waals surface area contributed by atoms with E-state index < -0.39 is 0 Å². The summed E-state index contributed by atoms with van der Waals surface area (Å²) in [4.78, 5) is 2.64. The maximum atomic E-state index is 8.04. The summed E-state index contributed by atoms with van der Waals surface area (Å²) in [6.45, 7) is 0.351. The zero-order chi connectivity index (χ0) is 10.4. The second-order valence-corrected chi connectivity index (χ2v) is 3.75. The molecule has 1 aromatic rings. The molecule has 0 aliphatic heterocycles. The van der Waals surface area contributed by atoms with Crippen LogP contribution in [-0.4, -0.2) is 6.54 Å². The lowest BCUT2D eigenvalue weighted by Crippen LogP contribution is -1.74. The van der Waals surface area contributed by atoms with E-state index in [1.165, 1.54) is 0 Å². The average molecular weight is 273 g/mol. The minimum Gasteiger partial charge on any atom is -0.0899 e. The van der Waals surface area contributed by atoms with Gasteiger partial charge in [-0.2, -0.15) is 0 Å². The molecule has 0 aliphatic carbocycles. The van der Waals surface area contributed by atoms with E-state index in [-0.39, 0.29) is 0 Å². The number of benzene rings is 1. The normalized spacial score (nSPS) is 10.1. The fourth-order valence-corrected chi connectivity index (χ4v) is 1.32. The van der Waals surface area contributed by atoms with Crippen LogP contribution in [0.3, 0.4) is 0 Å². The van der Waals surface area contributed by atoms with Gasteiger partial charge in [-0.1, -0.05) is 34.9 Å². The minimum absolute atomic E-state index is 0.351. The van der Waals surface area contributed by atoms with Crippen LogP contribution in [0.2, 0.25) is 5.02 Å². The third kappa shape index (κ3) is 3.42. The fourth-order valence-electron chi connectivity index (χ4n) is 0.888. The number of hydrogen-bond donors (Lipinski definition) is 0. The highest BCUT2D eigenvalue weighted by Crippen LogP contribution is 2.23. The number of halogens is 2. The molecule has 0 amide bonds. The Kier molecular flexibility index (Phi) is 4.53. The van der Waals surface area contributed by atoms with Gasteiger partial charge in [-0.15, -0.1) is 0 Å². The Hall–Kier alpha value is -0.960. The lowest BCUT2D eigenvalue weighted by atomic mass is 10.2. The summed E-state index contributed by atoms with van der Waals surface area (Å²) in [5.41, 5.74) is 9.02. The molecular weight excluding hydrogens is 265 g/mol. The molecule has 0 fully saturated rings. The van der Waals surface area contributed by atoms with E-state index in [4.69, 9.17) is 17.1 Å². The summed E-state index contributed by atoms with van der Waals surface area (Å²) < 4.78 is 0.867. The molecule has 0 saturated carbocycles. The molecule has 1 rings (SSSR count). The molecule has 0 saturated heterocycles. The average Bonchev–Trinajstić information content (AvgIpc) is 2.18. The van der Waals surface area contributed by atoms with Crippen molar-refractivity contribution in [1.29, 1.82) is 0 Å². The van der Waals surface area contributed by atoms with Crippen LogP contribution < -0.4 is 0 Å². The Morgan fingerprint density at radius 1 is 1.57 bits per heavy atom. The van der Waals surface area contributed by atoms with Gasteiger partial charge in [0.2, 0.25) is 0 Å². The highest BCUT2D eigenvalue weighted by Gasteiger charge is 1.95. The van der Waals surface area contributed by atoms with E-state index >= 15 is 0 Å². The van der Waals surface area contributed by atoms with Crippen LogP contribution in [0, 0.1) is 0 Å². The molecule has 0 aliphatic rings. The Labute approximate surface area is 95.1 Å². The van der Waals surface area contributed by atoms with Crippen LogP contribution in [0.25, 0.3) is 16.5 Å². The van der Waals surface area contributed by atoms with Crippen molar-refractivity contribution in [3.8, 4) is 0 Å². The zero-order valence-electron chi connectivity index (χ0n) is 7.19. The molecule has 0 spiro atoms. The first-order chi connectivity index (χ1) is 6.74. The molecular formula is C9H7BrClN3. The second kappa shape index (κ2) is 5.70. The standard InChI is InChI=1S/C9H7BrClN3/c10-8-4-3-7(6-9(8)11)2-1-5-13-14-12/h1-4,6H,5H2. The molecule has 0 radical (unpaired) electrons. The smallest absolute Gasteiger partial charge is 0.0554 e. The summed E-state index contributed by atoms with van der Waals surface area (Å²) >= 11 is 9.19. The maximum absolute atomic E-state index is 8.04. The highest BCUT2D eigenvalue weighted by molar-refractivity contribution is 9.10. The van der Waals surface area contributed by atoms with Gasteiger partial charge < -0.3 is 0 Å². The molecule has 72 valence electrons. The van der Waals surface area contributed by atoms with Gasteiger partial charge in [0.1, 0.15) is 0 Å². The monoisotopic (exact) mass is 271 g/mol. The van der Waals surface area contributed by atoms with Crippen LogP contribution >= 0.6 is 27.5 Å². The van der Waals surface area contributed by atoms with E-state index in [1.54, 1.807) is 6.08 Å². The summed E-state index contributed by atoms with van der Waals surface area (Å²) in [5, 5.41) is 4.04. The Balaban J connectivity index is 2.72. The van der Waals surface area contributed by atoms with Crippen LogP contribution in [0.1, 0.15) is 5.56 Å². The van der Waals surface area contributed by atoms with Crippen molar-refractivity contribution in [1.82, 2.24) is 0 Å². The number of rotatable bonds is 3. The summed E-state index contributed by atoms with van der Waals surface area (Å²) in [5.74, 6) is 0. The van der Waals surface area contributed by atoms with E-state index in [2.05, 4.69) is 26.0 Å². The third-order valence-corrected chi connectivity index (χ3v) is 2.74. The molecule has 0 bridgehead atoms. The quantitative estimate of drug-likeness (QED) is 0.444. The van der Waals surface area contributed by atoms with Crippen molar-refractivity contribution in [2.45, 2.75) is 0 Å². The predicted octanol–water partition coefficient (Wildman–Crippen LogP) is 4.43. The van der Waals surface area contributed by atoms with Crippen molar-refractivity contribution in [3.63, 3.8) is 0 Å². The number of nitrogens with zero attached hydrogens (tertiary/aromatic N) is 3. The maximum Gasteiger partial charge on any atom is 0.0554 e. The van der Waals surface area contributed by atoms with E-state index in [0.717, 1.165) is 10.0 Å². The molecule has 14 heavy (non-hydrogen) atoms.